The predicted molar refractivity (Wildman–Crippen MR) is 96.7 cm³/mol. The molecule has 4 rings (SSSR count). The van der Waals surface area contributed by atoms with E-state index >= 15 is 0 Å². The summed E-state index contributed by atoms with van der Waals surface area (Å²) >= 11 is 0. The number of carbonyl (C=O) groups excluding carboxylic acids is 1. The van der Waals surface area contributed by atoms with Crippen molar-refractivity contribution in [1.29, 1.82) is 0 Å². The molecule has 0 amide bonds. The van der Waals surface area contributed by atoms with Crippen LogP contribution < -0.4 is 0 Å². The minimum Gasteiger partial charge on any atom is -0.507 e. The Hall–Kier alpha value is -3.07. The Bertz CT molecular complexity index is 1080. The van der Waals surface area contributed by atoms with Gasteiger partial charge in [-0.2, -0.15) is 0 Å². The number of aryl methyl sites for hydroxylation is 1. The third-order valence-corrected chi connectivity index (χ3v) is 4.52. The molecule has 0 bridgehead atoms. The second kappa shape index (κ2) is 5.53. The van der Waals surface area contributed by atoms with Crippen LogP contribution in [0.2, 0.25) is 0 Å². The second-order valence-corrected chi connectivity index (χ2v) is 5.85. The summed E-state index contributed by atoms with van der Waals surface area (Å²) in [6.45, 7) is 2.88. The largest absolute Gasteiger partial charge is 0.507 e. The highest BCUT2D eigenvalue weighted by Crippen LogP contribution is 2.31. The van der Waals surface area contributed by atoms with Crippen molar-refractivity contribution in [3.63, 3.8) is 0 Å². The summed E-state index contributed by atoms with van der Waals surface area (Å²) in [6, 6.07) is 18.7. The van der Waals surface area contributed by atoms with Gasteiger partial charge in [0, 0.05) is 40.2 Å². The van der Waals surface area contributed by atoms with Crippen LogP contribution in [0.1, 0.15) is 22.8 Å². The van der Waals surface area contributed by atoms with E-state index in [0.29, 0.717) is 16.5 Å². The van der Waals surface area contributed by atoms with Crippen molar-refractivity contribution >= 4 is 27.5 Å². The summed E-state index contributed by atoms with van der Waals surface area (Å²) in [7, 11) is 0. The molecule has 3 aromatic carbocycles. The van der Waals surface area contributed by atoms with Gasteiger partial charge in [-0.25, -0.2) is 0 Å². The average molecular weight is 315 g/mol. The first-order chi connectivity index (χ1) is 11.7. The molecule has 1 aromatic heterocycles. The van der Waals surface area contributed by atoms with E-state index in [1.54, 1.807) is 12.1 Å². The van der Waals surface area contributed by atoms with E-state index in [1.165, 1.54) is 0 Å². The van der Waals surface area contributed by atoms with Crippen molar-refractivity contribution in [2.24, 2.45) is 0 Å². The lowest BCUT2D eigenvalue weighted by Crippen LogP contribution is -2.02. The number of phenols is 1. The number of phenolic OH excluding ortho intramolecular Hbond substituents is 1. The number of carbonyl (C=O) groups is 1. The Balaban J connectivity index is 1.97. The zero-order valence-corrected chi connectivity index (χ0v) is 13.4. The quantitative estimate of drug-likeness (QED) is 0.554. The summed E-state index contributed by atoms with van der Waals surface area (Å²) < 4.78 is 2.09. The minimum absolute atomic E-state index is 0.0189. The molecule has 24 heavy (non-hydrogen) atoms. The summed E-state index contributed by atoms with van der Waals surface area (Å²) in [6.07, 6.45) is 1.93. The van der Waals surface area contributed by atoms with Gasteiger partial charge in [0.2, 0.25) is 0 Å². The first kappa shape index (κ1) is 14.5. The first-order valence-corrected chi connectivity index (χ1v) is 8.04. The van der Waals surface area contributed by atoms with Gasteiger partial charge >= 0.3 is 0 Å². The van der Waals surface area contributed by atoms with Gasteiger partial charge in [0.15, 0.2) is 5.78 Å². The normalized spacial score (nSPS) is 11.2. The molecule has 0 fully saturated rings. The highest BCUT2D eigenvalue weighted by molar-refractivity contribution is 6.21. The molecule has 0 aliphatic heterocycles. The molecular weight excluding hydrogens is 298 g/mol. The van der Waals surface area contributed by atoms with E-state index in [9.17, 15) is 9.90 Å². The molecule has 0 radical (unpaired) electrons. The molecule has 0 atom stereocenters. The van der Waals surface area contributed by atoms with Gasteiger partial charge in [0.1, 0.15) is 5.75 Å². The van der Waals surface area contributed by atoms with Gasteiger partial charge in [-0.15, -0.1) is 0 Å². The maximum atomic E-state index is 13.2. The maximum Gasteiger partial charge on any atom is 0.195 e. The Morgan fingerprint density at radius 2 is 1.54 bits per heavy atom. The number of nitrogens with zero attached hydrogens (tertiary/aromatic N) is 1. The number of para-hydroxylation sites is 1. The highest BCUT2D eigenvalue weighted by Gasteiger charge is 2.18. The fourth-order valence-electron chi connectivity index (χ4n) is 3.32. The summed E-state index contributed by atoms with van der Waals surface area (Å²) in [5.74, 6) is 0.174. The number of hydrogen-bond acceptors (Lipinski definition) is 2. The van der Waals surface area contributed by atoms with Crippen molar-refractivity contribution in [2.45, 2.75) is 13.5 Å². The number of aromatic nitrogens is 1. The fraction of sp³-hybridized carbons (Fsp3) is 0.0952. The molecule has 3 heteroatoms. The van der Waals surface area contributed by atoms with E-state index in [2.05, 4.69) is 11.5 Å². The Kier molecular flexibility index (Phi) is 3.35. The number of hydrogen-bond donors (Lipinski definition) is 1. The zero-order valence-electron chi connectivity index (χ0n) is 13.4. The Labute approximate surface area is 139 Å². The SMILES string of the molecule is CCn1cc(C(=O)c2ccc(O)c3ccccc23)c2ccccc21. The lowest BCUT2D eigenvalue weighted by molar-refractivity contribution is 0.104. The topological polar surface area (TPSA) is 42.2 Å². The van der Waals surface area contributed by atoms with Crippen LogP contribution in [0, 0.1) is 0 Å². The minimum atomic E-state index is -0.0189. The maximum absolute atomic E-state index is 13.2. The molecule has 1 heterocycles. The van der Waals surface area contributed by atoms with Gasteiger partial charge < -0.3 is 9.67 Å². The van der Waals surface area contributed by atoms with E-state index in [1.807, 2.05) is 54.7 Å². The number of rotatable bonds is 3. The number of ketones is 1. The number of fused-ring (bicyclic) bond motifs is 2. The average Bonchev–Trinajstić information content (AvgIpc) is 3.01. The van der Waals surface area contributed by atoms with Crippen LogP contribution in [-0.2, 0) is 6.54 Å². The van der Waals surface area contributed by atoms with Crippen molar-refractivity contribution in [1.82, 2.24) is 4.57 Å². The molecule has 4 aromatic rings. The predicted octanol–water partition coefficient (Wildman–Crippen LogP) is 4.75. The van der Waals surface area contributed by atoms with Crippen LogP contribution in [0.5, 0.6) is 5.75 Å². The molecule has 0 saturated carbocycles. The van der Waals surface area contributed by atoms with Crippen molar-refractivity contribution < 1.29 is 9.90 Å². The van der Waals surface area contributed by atoms with Crippen LogP contribution in [0.25, 0.3) is 21.7 Å². The molecule has 0 aliphatic rings. The van der Waals surface area contributed by atoms with Crippen LogP contribution in [0.15, 0.2) is 66.9 Å². The third kappa shape index (κ3) is 2.09. The van der Waals surface area contributed by atoms with Gasteiger partial charge in [-0.05, 0) is 30.5 Å². The molecule has 1 N–H and O–H groups in total. The van der Waals surface area contributed by atoms with E-state index < -0.39 is 0 Å². The van der Waals surface area contributed by atoms with Gasteiger partial charge in [-0.3, -0.25) is 4.79 Å². The van der Waals surface area contributed by atoms with E-state index in [-0.39, 0.29) is 11.5 Å². The zero-order chi connectivity index (χ0) is 16.7. The van der Waals surface area contributed by atoms with Gasteiger partial charge in [-0.1, -0.05) is 42.5 Å². The first-order valence-electron chi connectivity index (χ1n) is 8.04. The van der Waals surface area contributed by atoms with Crippen molar-refractivity contribution in [3.8, 4) is 5.75 Å². The molecule has 3 nitrogen and oxygen atoms in total. The van der Waals surface area contributed by atoms with E-state index in [0.717, 1.165) is 22.8 Å². The van der Waals surface area contributed by atoms with Gasteiger partial charge in [0.25, 0.3) is 0 Å². The molecule has 118 valence electrons. The fourth-order valence-corrected chi connectivity index (χ4v) is 3.32. The molecule has 0 unspecified atom stereocenters. The Morgan fingerprint density at radius 1 is 0.875 bits per heavy atom. The highest BCUT2D eigenvalue weighted by atomic mass is 16.3. The number of benzene rings is 3. The lowest BCUT2D eigenvalue weighted by atomic mass is 9.96. The standard InChI is InChI=1S/C21H17NO2/c1-2-22-13-18(15-8-5-6-10-19(15)22)21(24)17-11-12-20(23)16-9-4-3-7-14(16)17/h3-13,23H,2H2,1H3. The number of aromatic hydroxyl groups is 1. The molecule has 0 saturated heterocycles. The van der Waals surface area contributed by atoms with Crippen molar-refractivity contribution in [3.05, 3.63) is 78.0 Å². The Morgan fingerprint density at radius 3 is 2.29 bits per heavy atom. The van der Waals surface area contributed by atoms with Crippen LogP contribution in [-0.4, -0.2) is 15.5 Å². The third-order valence-electron chi connectivity index (χ3n) is 4.52. The van der Waals surface area contributed by atoms with Gasteiger partial charge in [0.05, 0.1) is 0 Å². The molecule has 0 spiro atoms. The lowest BCUT2D eigenvalue weighted by Gasteiger charge is -2.07. The summed E-state index contributed by atoms with van der Waals surface area (Å²) in [5, 5.41) is 12.5. The monoisotopic (exact) mass is 315 g/mol. The molecular formula is C21H17NO2. The van der Waals surface area contributed by atoms with Crippen LogP contribution in [0.3, 0.4) is 0 Å². The molecule has 0 aliphatic carbocycles. The van der Waals surface area contributed by atoms with E-state index in [4.69, 9.17) is 0 Å². The summed E-state index contributed by atoms with van der Waals surface area (Å²) in [5.41, 5.74) is 2.37. The summed E-state index contributed by atoms with van der Waals surface area (Å²) in [4.78, 5) is 13.2. The van der Waals surface area contributed by atoms with Crippen molar-refractivity contribution in [2.75, 3.05) is 0 Å². The van der Waals surface area contributed by atoms with Crippen LogP contribution in [0.4, 0.5) is 0 Å². The second-order valence-electron chi connectivity index (χ2n) is 5.85. The smallest absolute Gasteiger partial charge is 0.195 e. The van der Waals surface area contributed by atoms with Crippen LogP contribution >= 0.6 is 0 Å².